The first-order valence-electron chi connectivity index (χ1n) is 4.77. The van der Waals surface area contributed by atoms with Crippen LogP contribution in [0.5, 0.6) is 0 Å². The molecule has 0 radical (unpaired) electrons. The quantitative estimate of drug-likeness (QED) is 0.793. The Kier molecular flexibility index (Phi) is 2.90. The van der Waals surface area contributed by atoms with Gasteiger partial charge in [-0.3, -0.25) is 19.4 Å². The van der Waals surface area contributed by atoms with Gasteiger partial charge < -0.3 is 5.32 Å². The lowest BCUT2D eigenvalue weighted by atomic mass is 10.3. The van der Waals surface area contributed by atoms with Gasteiger partial charge in [0.1, 0.15) is 0 Å². The van der Waals surface area contributed by atoms with Gasteiger partial charge in [0.2, 0.25) is 0 Å². The van der Waals surface area contributed by atoms with Gasteiger partial charge in [0.25, 0.3) is 5.91 Å². The van der Waals surface area contributed by atoms with Crippen LogP contribution in [0.3, 0.4) is 0 Å². The molecule has 6 heteroatoms. The Hall–Kier alpha value is -2.24. The molecule has 0 unspecified atom stereocenters. The number of aromatic nitrogens is 4. The third-order valence-corrected chi connectivity index (χ3v) is 2.01. The number of hydrogen-bond acceptors (Lipinski definition) is 4. The van der Waals surface area contributed by atoms with Crippen LogP contribution in [-0.2, 0) is 13.6 Å². The smallest absolute Gasteiger partial charge is 0.254 e. The normalized spacial score (nSPS) is 10.1. The minimum atomic E-state index is -0.168. The summed E-state index contributed by atoms with van der Waals surface area (Å²) in [5, 5.41) is 6.65. The molecular weight excluding hydrogens is 206 g/mol. The molecule has 0 fully saturated rings. The molecular formula is C10H11N5O. The number of aryl methyl sites for hydroxylation is 1. The SMILES string of the molecule is Cn1cc(C(=O)NCc2cnccn2)cn1. The third kappa shape index (κ3) is 2.41. The second-order valence-electron chi connectivity index (χ2n) is 3.28. The number of amides is 1. The summed E-state index contributed by atoms with van der Waals surface area (Å²) >= 11 is 0. The molecule has 2 aromatic rings. The Labute approximate surface area is 92.3 Å². The van der Waals surface area contributed by atoms with Crippen LogP contribution in [0.25, 0.3) is 0 Å². The van der Waals surface area contributed by atoms with Crippen molar-refractivity contribution in [1.29, 1.82) is 0 Å². The van der Waals surface area contributed by atoms with Crippen LogP contribution in [0.15, 0.2) is 31.0 Å². The van der Waals surface area contributed by atoms with E-state index in [1.54, 1.807) is 36.5 Å². The van der Waals surface area contributed by atoms with E-state index in [0.717, 1.165) is 5.69 Å². The highest BCUT2D eigenvalue weighted by Gasteiger charge is 2.07. The molecule has 82 valence electrons. The fourth-order valence-electron chi connectivity index (χ4n) is 1.23. The first kappa shape index (κ1) is 10.3. The molecule has 0 bridgehead atoms. The van der Waals surface area contributed by atoms with Gasteiger partial charge in [-0.2, -0.15) is 5.10 Å². The van der Waals surface area contributed by atoms with Crippen molar-refractivity contribution in [3.8, 4) is 0 Å². The van der Waals surface area contributed by atoms with Crippen LogP contribution >= 0.6 is 0 Å². The van der Waals surface area contributed by atoms with E-state index in [0.29, 0.717) is 12.1 Å². The Morgan fingerprint density at radius 3 is 2.94 bits per heavy atom. The van der Waals surface area contributed by atoms with Gasteiger partial charge in [0.05, 0.1) is 30.2 Å². The maximum Gasteiger partial charge on any atom is 0.254 e. The molecule has 2 aromatic heterocycles. The average molecular weight is 217 g/mol. The van der Waals surface area contributed by atoms with Crippen molar-refractivity contribution < 1.29 is 4.79 Å². The second kappa shape index (κ2) is 4.52. The summed E-state index contributed by atoms with van der Waals surface area (Å²) < 4.78 is 1.58. The lowest BCUT2D eigenvalue weighted by Crippen LogP contribution is -2.22. The van der Waals surface area contributed by atoms with E-state index in [-0.39, 0.29) is 5.91 Å². The molecule has 0 aliphatic carbocycles. The molecule has 16 heavy (non-hydrogen) atoms. The highest BCUT2D eigenvalue weighted by Crippen LogP contribution is 1.97. The number of nitrogens with zero attached hydrogens (tertiary/aromatic N) is 4. The van der Waals surface area contributed by atoms with Gasteiger partial charge in [-0.1, -0.05) is 0 Å². The Morgan fingerprint density at radius 1 is 1.44 bits per heavy atom. The molecule has 0 atom stereocenters. The zero-order valence-corrected chi connectivity index (χ0v) is 8.79. The van der Waals surface area contributed by atoms with Gasteiger partial charge in [-0.15, -0.1) is 0 Å². The van der Waals surface area contributed by atoms with Crippen LogP contribution in [0.1, 0.15) is 16.1 Å². The lowest BCUT2D eigenvalue weighted by molar-refractivity contribution is 0.0950. The van der Waals surface area contributed by atoms with Crippen LogP contribution in [0.4, 0.5) is 0 Å². The minimum Gasteiger partial charge on any atom is -0.346 e. The Morgan fingerprint density at radius 2 is 2.31 bits per heavy atom. The monoisotopic (exact) mass is 217 g/mol. The van der Waals surface area contributed by atoms with Gasteiger partial charge >= 0.3 is 0 Å². The lowest BCUT2D eigenvalue weighted by Gasteiger charge is -2.01. The fraction of sp³-hybridized carbons (Fsp3) is 0.200. The van der Waals surface area contributed by atoms with Crippen molar-refractivity contribution >= 4 is 5.91 Å². The van der Waals surface area contributed by atoms with E-state index in [9.17, 15) is 4.79 Å². The zero-order valence-electron chi connectivity index (χ0n) is 8.79. The molecule has 0 saturated heterocycles. The molecule has 0 aliphatic heterocycles. The van der Waals surface area contributed by atoms with E-state index in [2.05, 4.69) is 20.4 Å². The second-order valence-corrected chi connectivity index (χ2v) is 3.28. The molecule has 2 rings (SSSR count). The largest absolute Gasteiger partial charge is 0.346 e. The van der Waals surface area contributed by atoms with Gasteiger partial charge in [-0.05, 0) is 0 Å². The number of carbonyl (C=O) groups excluding carboxylic acids is 1. The van der Waals surface area contributed by atoms with Crippen LogP contribution in [-0.4, -0.2) is 25.7 Å². The highest BCUT2D eigenvalue weighted by molar-refractivity contribution is 5.93. The van der Waals surface area contributed by atoms with Crippen molar-refractivity contribution in [2.24, 2.45) is 7.05 Å². The third-order valence-electron chi connectivity index (χ3n) is 2.01. The molecule has 0 saturated carbocycles. The van der Waals surface area contributed by atoms with Crippen molar-refractivity contribution in [3.05, 3.63) is 42.2 Å². The Balaban J connectivity index is 1.94. The van der Waals surface area contributed by atoms with Crippen LogP contribution in [0, 0.1) is 0 Å². The van der Waals surface area contributed by atoms with E-state index in [4.69, 9.17) is 0 Å². The number of carbonyl (C=O) groups is 1. The van der Waals surface area contributed by atoms with Crippen LogP contribution < -0.4 is 5.32 Å². The summed E-state index contributed by atoms with van der Waals surface area (Å²) in [4.78, 5) is 19.6. The molecule has 0 aliphatic rings. The summed E-state index contributed by atoms with van der Waals surface area (Å²) in [6.45, 7) is 0.363. The predicted molar refractivity (Wildman–Crippen MR) is 56.4 cm³/mol. The van der Waals surface area contributed by atoms with Crippen molar-refractivity contribution in [2.45, 2.75) is 6.54 Å². The fourth-order valence-corrected chi connectivity index (χ4v) is 1.23. The van der Waals surface area contributed by atoms with E-state index < -0.39 is 0 Å². The number of rotatable bonds is 3. The summed E-state index contributed by atoms with van der Waals surface area (Å²) in [6.07, 6.45) is 7.97. The standard InChI is InChI=1S/C10H11N5O/c1-15-7-8(4-14-15)10(16)13-6-9-5-11-2-3-12-9/h2-5,7H,6H2,1H3,(H,13,16). The van der Waals surface area contributed by atoms with Crippen LogP contribution in [0.2, 0.25) is 0 Å². The van der Waals surface area contributed by atoms with Gasteiger partial charge in [-0.25, -0.2) is 0 Å². The van der Waals surface area contributed by atoms with E-state index >= 15 is 0 Å². The molecule has 6 nitrogen and oxygen atoms in total. The molecule has 1 N–H and O–H groups in total. The zero-order chi connectivity index (χ0) is 11.4. The van der Waals surface area contributed by atoms with E-state index in [1.807, 2.05) is 0 Å². The maximum atomic E-state index is 11.6. The van der Waals surface area contributed by atoms with Gasteiger partial charge in [0, 0.05) is 25.6 Å². The average Bonchev–Trinajstić information content (AvgIpc) is 2.74. The first-order valence-corrected chi connectivity index (χ1v) is 4.77. The summed E-state index contributed by atoms with van der Waals surface area (Å²) in [7, 11) is 1.76. The summed E-state index contributed by atoms with van der Waals surface area (Å²) in [6, 6.07) is 0. The van der Waals surface area contributed by atoms with Gasteiger partial charge in [0.15, 0.2) is 0 Å². The molecule has 0 aromatic carbocycles. The van der Waals surface area contributed by atoms with Crippen molar-refractivity contribution in [2.75, 3.05) is 0 Å². The van der Waals surface area contributed by atoms with Crippen molar-refractivity contribution in [1.82, 2.24) is 25.1 Å². The summed E-state index contributed by atoms with van der Waals surface area (Å²) in [5.74, 6) is -0.168. The predicted octanol–water partition coefficient (Wildman–Crippen LogP) is 0.140. The minimum absolute atomic E-state index is 0.168. The first-order chi connectivity index (χ1) is 7.75. The molecule has 0 spiro atoms. The molecule has 1 amide bonds. The van der Waals surface area contributed by atoms with E-state index in [1.165, 1.54) is 6.20 Å². The maximum absolute atomic E-state index is 11.6. The van der Waals surface area contributed by atoms with Crippen molar-refractivity contribution in [3.63, 3.8) is 0 Å². The topological polar surface area (TPSA) is 72.7 Å². The number of hydrogen-bond donors (Lipinski definition) is 1. The summed E-state index contributed by atoms with van der Waals surface area (Å²) in [5.41, 5.74) is 1.26. The molecule has 2 heterocycles. The Bertz CT molecular complexity index is 479. The highest BCUT2D eigenvalue weighted by atomic mass is 16.1. The number of nitrogens with one attached hydrogen (secondary N) is 1.